The predicted octanol–water partition coefficient (Wildman–Crippen LogP) is -0.140. The molecule has 0 spiro atoms. The van der Waals surface area contributed by atoms with Gasteiger partial charge in [0.2, 0.25) is 5.91 Å². The fourth-order valence-electron chi connectivity index (χ4n) is 0.806. The lowest BCUT2D eigenvalue weighted by Gasteiger charge is -2.21. The molecule has 0 aliphatic heterocycles. The molecule has 1 atom stereocenters. The molecule has 0 rings (SSSR count). The molecule has 1 amide bonds. The van der Waals surface area contributed by atoms with Crippen molar-refractivity contribution in [2.75, 3.05) is 20.3 Å². The summed E-state index contributed by atoms with van der Waals surface area (Å²) in [7, 11) is 1.40. The Hall–Kier alpha value is -1.10. The third-order valence-corrected chi connectivity index (χ3v) is 1.80. The summed E-state index contributed by atoms with van der Waals surface area (Å²) in [6.07, 6.45) is 0. The topological polar surface area (TPSA) is 75.6 Å². The van der Waals surface area contributed by atoms with Gasteiger partial charge >= 0.3 is 5.97 Å². The molecule has 0 aliphatic rings. The van der Waals surface area contributed by atoms with Crippen LogP contribution in [0.5, 0.6) is 0 Å². The molecule has 0 aromatic carbocycles. The Bertz CT molecular complexity index is 204. The number of ether oxygens (including phenoxy) is 1. The third-order valence-electron chi connectivity index (χ3n) is 1.80. The van der Waals surface area contributed by atoms with Crippen LogP contribution in [0.4, 0.5) is 0 Å². The molecular formula is C8H15NO4. The van der Waals surface area contributed by atoms with Crippen LogP contribution >= 0.6 is 0 Å². The highest BCUT2D eigenvalue weighted by Crippen LogP contribution is 2.17. The van der Waals surface area contributed by atoms with Crippen LogP contribution in [0, 0.1) is 5.41 Å². The fourth-order valence-corrected chi connectivity index (χ4v) is 0.806. The van der Waals surface area contributed by atoms with Gasteiger partial charge in [-0.25, -0.2) is 0 Å². The first kappa shape index (κ1) is 11.9. The normalized spacial score (nSPS) is 14.7. The lowest BCUT2D eigenvalue weighted by atomic mass is 9.91. The second-order valence-electron chi connectivity index (χ2n) is 2.85. The van der Waals surface area contributed by atoms with Crippen molar-refractivity contribution in [3.05, 3.63) is 0 Å². The van der Waals surface area contributed by atoms with Crippen LogP contribution in [-0.2, 0) is 14.3 Å². The van der Waals surface area contributed by atoms with Crippen LogP contribution in [-0.4, -0.2) is 37.2 Å². The van der Waals surface area contributed by atoms with E-state index in [1.54, 1.807) is 6.92 Å². The van der Waals surface area contributed by atoms with E-state index in [9.17, 15) is 9.59 Å². The molecule has 0 aromatic rings. The van der Waals surface area contributed by atoms with Crippen molar-refractivity contribution >= 4 is 11.9 Å². The van der Waals surface area contributed by atoms with Gasteiger partial charge in [0.25, 0.3) is 0 Å². The third kappa shape index (κ3) is 2.69. The zero-order chi connectivity index (χ0) is 10.5. The highest BCUT2D eigenvalue weighted by atomic mass is 16.5. The first-order valence-corrected chi connectivity index (χ1v) is 4.02. The van der Waals surface area contributed by atoms with Crippen LogP contribution in [0.25, 0.3) is 0 Å². The molecule has 0 saturated carbocycles. The minimum absolute atomic E-state index is 0.113. The molecule has 2 N–H and O–H groups in total. The Kier molecular flexibility index (Phi) is 4.40. The van der Waals surface area contributed by atoms with E-state index in [1.165, 1.54) is 14.0 Å². The van der Waals surface area contributed by atoms with Crippen LogP contribution in [0.1, 0.15) is 13.8 Å². The van der Waals surface area contributed by atoms with E-state index in [0.29, 0.717) is 6.61 Å². The van der Waals surface area contributed by atoms with E-state index in [-0.39, 0.29) is 6.61 Å². The number of nitrogens with one attached hydrogen (secondary N) is 1. The summed E-state index contributed by atoms with van der Waals surface area (Å²) in [4.78, 5) is 22.0. The maximum atomic E-state index is 11.2. The molecule has 0 aliphatic carbocycles. The summed E-state index contributed by atoms with van der Waals surface area (Å²) in [6.45, 7) is 3.36. The summed E-state index contributed by atoms with van der Waals surface area (Å²) in [5.41, 5.74) is -1.50. The first-order valence-electron chi connectivity index (χ1n) is 4.02. The Labute approximate surface area is 77.1 Å². The van der Waals surface area contributed by atoms with Gasteiger partial charge in [-0.3, -0.25) is 9.59 Å². The quantitative estimate of drug-likeness (QED) is 0.590. The number of carboxylic acid groups (broad SMARTS) is 1. The van der Waals surface area contributed by atoms with Gasteiger partial charge in [0.15, 0.2) is 5.41 Å². The molecule has 0 aromatic heterocycles. The Morgan fingerprint density at radius 3 is 2.38 bits per heavy atom. The predicted molar refractivity (Wildman–Crippen MR) is 46.3 cm³/mol. The molecule has 0 bridgehead atoms. The number of hydrogen-bond acceptors (Lipinski definition) is 3. The number of rotatable bonds is 5. The zero-order valence-electron chi connectivity index (χ0n) is 8.09. The highest BCUT2D eigenvalue weighted by Gasteiger charge is 2.41. The standard InChI is InChI=1S/C8H15NO4/c1-4-13-5-8(2,7(11)12)6(10)9-3/h4-5H2,1-3H3,(H,9,10)(H,11,12). The molecule has 1 unspecified atom stereocenters. The lowest BCUT2D eigenvalue weighted by molar-refractivity contribution is -0.158. The minimum Gasteiger partial charge on any atom is -0.480 e. The van der Waals surface area contributed by atoms with Crippen LogP contribution < -0.4 is 5.32 Å². The largest absolute Gasteiger partial charge is 0.480 e. The first-order chi connectivity index (χ1) is 5.99. The molecular weight excluding hydrogens is 174 g/mol. The Morgan fingerprint density at radius 1 is 1.54 bits per heavy atom. The maximum Gasteiger partial charge on any atom is 0.321 e. The van der Waals surface area contributed by atoms with Gasteiger partial charge < -0.3 is 15.2 Å². The van der Waals surface area contributed by atoms with Gasteiger partial charge in [0.05, 0.1) is 6.61 Å². The van der Waals surface area contributed by atoms with E-state index < -0.39 is 17.3 Å². The van der Waals surface area contributed by atoms with Crippen molar-refractivity contribution in [3.63, 3.8) is 0 Å². The van der Waals surface area contributed by atoms with E-state index in [1.807, 2.05) is 0 Å². The number of hydrogen-bond donors (Lipinski definition) is 2. The van der Waals surface area contributed by atoms with Crippen LogP contribution in [0.2, 0.25) is 0 Å². The Balaban J connectivity index is 4.52. The molecule has 0 saturated heterocycles. The molecule has 0 heterocycles. The maximum absolute atomic E-state index is 11.2. The van der Waals surface area contributed by atoms with Crippen molar-refractivity contribution in [1.82, 2.24) is 5.32 Å². The van der Waals surface area contributed by atoms with E-state index in [2.05, 4.69) is 5.32 Å². The second kappa shape index (κ2) is 4.81. The smallest absolute Gasteiger partial charge is 0.321 e. The van der Waals surface area contributed by atoms with E-state index in [4.69, 9.17) is 9.84 Å². The molecule has 5 nitrogen and oxygen atoms in total. The van der Waals surface area contributed by atoms with Gasteiger partial charge in [0.1, 0.15) is 0 Å². The van der Waals surface area contributed by atoms with E-state index >= 15 is 0 Å². The average molecular weight is 189 g/mol. The van der Waals surface area contributed by atoms with Gasteiger partial charge in [-0.2, -0.15) is 0 Å². The van der Waals surface area contributed by atoms with Crippen molar-refractivity contribution < 1.29 is 19.4 Å². The monoisotopic (exact) mass is 189 g/mol. The Morgan fingerprint density at radius 2 is 2.08 bits per heavy atom. The van der Waals surface area contributed by atoms with Crippen LogP contribution in [0.15, 0.2) is 0 Å². The molecule has 0 fully saturated rings. The molecule has 76 valence electrons. The summed E-state index contributed by atoms with van der Waals surface area (Å²) in [6, 6.07) is 0. The second-order valence-corrected chi connectivity index (χ2v) is 2.85. The van der Waals surface area contributed by atoms with Crippen molar-refractivity contribution in [2.24, 2.45) is 5.41 Å². The summed E-state index contributed by atoms with van der Waals surface area (Å²) < 4.78 is 4.94. The number of carbonyl (C=O) groups is 2. The molecule has 13 heavy (non-hydrogen) atoms. The number of amides is 1. The number of aliphatic carboxylic acids is 1. The molecule has 5 heteroatoms. The number of carbonyl (C=O) groups excluding carboxylic acids is 1. The summed E-state index contributed by atoms with van der Waals surface area (Å²) >= 11 is 0. The highest BCUT2D eigenvalue weighted by molar-refractivity contribution is 6.01. The van der Waals surface area contributed by atoms with Crippen molar-refractivity contribution in [1.29, 1.82) is 0 Å². The van der Waals surface area contributed by atoms with Crippen molar-refractivity contribution in [2.45, 2.75) is 13.8 Å². The zero-order valence-corrected chi connectivity index (χ0v) is 8.09. The summed E-state index contributed by atoms with van der Waals surface area (Å²) in [5.74, 6) is -1.73. The average Bonchev–Trinajstić information content (AvgIpc) is 2.12. The molecule has 0 radical (unpaired) electrons. The van der Waals surface area contributed by atoms with E-state index in [0.717, 1.165) is 0 Å². The summed E-state index contributed by atoms with van der Waals surface area (Å²) in [5, 5.41) is 11.1. The van der Waals surface area contributed by atoms with Crippen LogP contribution in [0.3, 0.4) is 0 Å². The number of carboxylic acids is 1. The lowest BCUT2D eigenvalue weighted by Crippen LogP contribution is -2.46. The van der Waals surface area contributed by atoms with Gasteiger partial charge in [-0.05, 0) is 13.8 Å². The van der Waals surface area contributed by atoms with Crippen molar-refractivity contribution in [3.8, 4) is 0 Å². The van der Waals surface area contributed by atoms with Gasteiger partial charge in [0, 0.05) is 13.7 Å². The minimum atomic E-state index is -1.50. The van der Waals surface area contributed by atoms with Gasteiger partial charge in [-0.15, -0.1) is 0 Å². The SMILES string of the molecule is CCOCC(C)(C(=O)O)C(=O)NC. The fraction of sp³-hybridized carbons (Fsp3) is 0.750. The van der Waals surface area contributed by atoms with Gasteiger partial charge in [-0.1, -0.05) is 0 Å².